The van der Waals surface area contributed by atoms with Crippen LogP contribution < -0.4 is 10.6 Å². The van der Waals surface area contributed by atoms with E-state index < -0.39 is 0 Å². The zero-order chi connectivity index (χ0) is 21.8. The summed E-state index contributed by atoms with van der Waals surface area (Å²) in [5.41, 5.74) is 3.87. The highest BCUT2D eigenvalue weighted by Gasteiger charge is 2.15. The monoisotopic (exact) mass is 432 g/mol. The van der Waals surface area contributed by atoms with Crippen molar-refractivity contribution in [3.8, 4) is 0 Å². The van der Waals surface area contributed by atoms with Crippen LogP contribution in [0.5, 0.6) is 0 Å². The number of fused-ring (bicyclic) bond motifs is 1. The second-order valence-electron chi connectivity index (χ2n) is 7.21. The van der Waals surface area contributed by atoms with Crippen molar-refractivity contribution in [3.05, 3.63) is 94.8 Å². The van der Waals surface area contributed by atoms with Gasteiger partial charge in [0.1, 0.15) is 12.4 Å². The molecule has 0 bridgehead atoms. The summed E-state index contributed by atoms with van der Waals surface area (Å²) in [5, 5.41) is 6.29. The van der Waals surface area contributed by atoms with Crippen molar-refractivity contribution in [2.75, 3.05) is 5.32 Å². The van der Waals surface area contributed by atoms with Crippen molar-refractivity contribution in [1.29, 1.82) is 0 Å². The molecule has 2 N–H and O–H groups in total. The highest BCUT2D eigenvalue weighted by atomic mass is 35.5. The molecule has 4 aromatic rings. The molecule has 3 aromatic carbocycles. The van der Waals surface area contributed by atoms with Crippen molar-refractivity contribution >= 4 is 40.1 Å². The minimum absolute atomic E-state index is 0.0583. The lowest BCUT2D eigenvalue weighted by atomic mass is 10.1. The number of rotatable bonds is 6. The lowest BCUT2D eigenvalue weighted by Crippen LogP contribution is -2.26. The number of carbonyl (C=O) groups excluding carboxylic acids is 2. The molecule has 1 heterocycles. The van der Waals surface area contributed by atoms with Gasteiger partial charge in [-0.05, 0) is 49.4 Å². The molecular formula is C24H21ClN4O2. The highest BCUT2D eigenvalue weighted by Crippen LogP contribution is 2.18. The highest BCUT2D eigenvalue weighted by molar-refractivity contribution is 6.30. The Labute approximate surface area is 184 Å². The van der Waals surface area contributed by atoms with E-state index in [2.05, 4.69) is 15.6 Å². The Hall–Kier alpha value is -3.64. The predicted molar refractivity (Wildman–Crippen MR) is 122 cm³/mol. The second kappa shape index (κ2) is 9.02. The minimum Gasteiger partial charge on any atom is -0.345 e. The summed E-state index contributed by atoms with van der Waals surface area (Å²) in [6, 6.07) is 21.9. The number of imidazole rings is 1. The smallest absolute Gasteiger partial charge is 0.251 e. The Kier molecular flexibility index (Phi) is 6.00. The van der Waals surface area contributed by atoms with Crippen molar-refractivity contribution in [2.45, 2.75) is 20.0 Å². The largest absolute Gasteiger partial charge is 0.345 e. The van der Waals surface area contributed by atoms with Crippen LogP contribution in [0.3, 0.4) is 0 Å². The third-order valence-corrected chi connectivity index (χ3v) is 5.10. The number of halogens is 1. The Morgan fingerprint density at radius 2 is 1.77 bits per heavy atom. The summed E-state index contributed by atoms with van der Waals surface area (Å²) >= 11 is 6.00. The first kappa shape index (κ1) is 20.6. The van der Waals surface area contributed by atoms with Gasteiger partial charge in [0.05, 0.1) is 17.6 Å². The lowest BCUT2D eigenvalue weighted by molar-refractivity contribution is -0.116. The Morgan fingerprint density at radius 1 is 1.00 bits per heavy atom. The molecule has 0 spiro atoms. The number of carbonyl (C=O) groups is 2. The zero-order valence-corrected chi connectivity index (χ0v) is 17.7. The summed E-state index contributed by atoms with van der Waals surface area (Å²) in [6.45, 7) is 2.23. The van der Waals surface area contributed by atoms with Gasteiger partial charge >= 0.3 is 0 Å². The van der Waals surface area contributed by atoms with Crippen molar-refractivity contribution in [1.82, 2.24) is 14.9 Å². The molecule has 31 heavy (non-hydrogen) atoms. The first-order valence-electron chi connectivity index (χ1n) is 9.84. The molecule has 4 rings (SSSR count). The van der Waals surface area contributed by atoms with Crippen LogP contribution in [-0.2, 0) is 17.9 Å². The van der Waals surface area contributed by atoms with Crippen LogP contribution in [0.4, 0.5) is 5.69 Å². The third kappa shape index (κ3) is 4.92. The van der Waals surface area contributed by atoms with Crippen LogP contribution in [-0.4, -0.2) is 21.4 Å². The number of nitrogens with zero attached hydrogens (tertiary/aromatic N) is 2. The van der Waals surface area contributed by atoms with Crippen LogP contribution >= 0.6 is 11.6 Å². The van der Waals surface area contributed by atoms with Crippen molar-refractivity contribution < 1.29 is 9.59 Å². The van der Waals surface area contributed by atoms with Gasteiger partial charge in [0.25, 0.3) is 5.91 Å². The average molecular weight is 433 g/mol. The molecule has 0 radical (unpaired) electrons. The maximum absolute atomic E-state index is 12.7. The molecule has 6 nitrogen and oxygen atoms in total. The van der Waals surface area contributed by atoms with E-state index in [1.807, 2.05) is 47.9 Å². The van der Waals surface area contributed by atoms with Gasteiger partial charge in [0, 0.05) is 16.3 Å². The fourth-order valence-corrected chi connectivity index (χ4v) is 3.50. The van der Waals surface area contributed by atoms with E-state index >= 15 is 0 Å². The first-order valence-corrected chi connectivity index (χ1v) is 10.2. The van der Waals surface area contributed by atoms with Gasteiger partial charge in [0.2, 0.25) is 5.91 Å². The second-order valence-corrected chi connectivity index (χ2v) is 7.65. The topological polar surface area (TPSA) is 76.0 Å². The Bertz CT molecular complexity index is 1250. The van der Waals surface area contributed by atoms with Crippen LogP contribution in [0.15, 0.2) is 72.8 Å². The number of amides is 2. The number of para-hydroxylation sites is 2. The molecule has 0 saturated carbocycles. The fraction of sp³-hybridized carbons (Fsp3) is 0.125. The summed E-state index contributed by atoms with van der Waals surface area (Å²) < 4.78 is 1.81. The molecule has 0 aliphatic rings. The van der Waals surface area contributed by atoms with Crippen LogP contribution in [0.2, 0.25) is 5.02 Å². The number of benzene rings is 3. The van der Waals surface area contributed by atoms with E-state index in [1.54, 1.807) is 36.4 Å². The van der Waals surface area contributed by atoms with E-state index in [0.29, 0.717) is 22.1 Å². The molecule has 1 aromatic heterocycles. The molecule has 0 atom stereocenters. The van der Waals surface area contributed by atoms with Gasteiger partial charge in [0.15, 0.2) is 0 Å². The fourth-order valence-electron chi connectivity index (χ4n) is 3.31. The normalized spacial score (nSPS) is 10.8. The van der Waals surface area contributed by atoms with Crippen LogP contribution in [0.25, 0.3) is 11.0 Å². The number of aryl methyl sites for hydroxylation is 1. The maximum Gasteiger partial charge on any atom is 0.251 e. The number of nitrogens with one attached hydrogen (secondary N) is 2. The van der Waals surface area contributed by atoms with E-state index in [1.165, 1.54) is 0 Å². The van der Waals surface area contributed by atoms with Crippen molar-refractivity contribution in [2.24, 2.45) is 0 Å². The molecule has 0 fully saturated rings. The quantitative estimate of drug-likeness (QED) is 0.468. The SMILES string of the molecule is Cc1ccc(C(=O)NCc2nc3ccccc3n2CC(=O)Nc2cccc(Cl)c2)cc1. The van der Waals surface area contributed by atoms with E-state index in [0.717, 1.165) is 16.6 Å². The van der Waals surface area contributed by atoms with Gasteiger partial charge in [-0.25, -0.2) is 4.98 Å². The van der Waals surface area contributed by atoms with Gasteiger partial charge in [-0.3, -0.25) is 9.59 Å². The average Bonchev–Trinajstić information content (AvgIpc) is 3.10. The first-order chi connectivity index (χ1) is 15.0. The maximum atomic E-state index is 12.7. The molecule has 2 amide bonds. The Morgan fingerprint density at radius 3 is 2.55 bits per heavy atom. The van der Waals surface area contributed by atoms with Crippen LogP contribution in [0, 0.1) is 6.92 Å². The molecule has 0 unspecified atom stereocenters. The number of aromatic nitrogens is 2. The summed E-state index contributed by atoms with van der Waals surface area (Å²) in [7, 11) is 0. The van der Waals surface area contributed by atoms with Gasteiger partial charge in [-0.1, -0.05) is 47.5 Å². The number of hydrogen-bond acceptors (Lipinski definition) is 3. The van der Waals surface area contributed by atoms with Gasteiger partial charge in [-0.2, -0.15) is 0 Å². The summed E-state index contributed by atoms with van der Waals surface area (Å²) in [4.78, 5) is 29.8. The van der Waals surface area contributed by atoms with Crippen molar-refractivity contribution in [3.63, 3.8) is 0 Å². The summed E-state index contributed by atoms with van der Waals surface area (Å²) in [5.74, 6) is 0.196. The number of anilines is 1. The zero-order valence-electron chi connectivity index (χ0n) is 16.9. The Balaban J connectivity index is 1.53. The molecular weight excluding hydrogens is 412 g/mol. The predicted octanol–water partition coefficient (Wildman–Crippen LogP) is 4.57. The summed E-state index contributed by atoms with van der Waals surface area (Å²) in [6.07, 6.45) is 0. The van der Waals surface area contributed by atoms with Gasteiger partial charge in [-0.15, -0.1) is 0 Å². The number of hydrogen-bond donors (Lipinski definition) is 2. The molecule has 0 saturated heterocycles. The third-order valence-electron chi connectivity index (χ3n) is 4.86. The van der Waals surface area contributed by atoms with E-state index in [9.17, 15) is 9.59 Å². The lowest BCUT2D eigenvalue weighted by Gasteiger charge is -2.11. The minimum atomic E-state index is -0.212. The standard InChI is InChI=1S/C24H21ClN4O2/c1-16-9-11-17(12-10-16)24(31)26-14-22-28-20-7-2-3-8-21(20)29(22)15-23(30)27-19-6-4-5-18(25)13-19/h2-13H,14-15H2,1H3,(H,26,31)(H,27,30). The van der Waals surface area contributed by atoms with Crippen LogP contribution in [0.1, 0.15) is 21.7 Å². The van der Waals surface area contributed by atoms with E-state index in [-0.39, 0.29) is 24.9 Å². The molecule has 156 valence electrons. The molecule has 0 aliphatic heterocycles. The molecule has 0 aliphatic carbocycles. The van der Waals surface area contributed by atoms with E-state index in [4.69, 9.17) is 11.6 Å². The molecule has 7 heteroatoms. The van der Waals surface area contributed by atoms with Gasteiger partial charge < -0.3 is 15.2 Å².